The van der Waals surface area contributed by atoms with Gasteiger partial charge in [0.15, 0.2) is 5.16 Å². The number of rotatable bonds is 4. The van der Waals surface area contributed by atoms with Crippen LogP contribution in [0.5, 0.6) is 0 Å². The first-order valence-electron chi connectivity index (χ1n) is 8.58. The average Bonchev–Trinajstić information content (AvgIpc) is 3.40. The third-order valence-electron chi connectivity index (χ3n) is 4.44. The molecule has 0 fully saturated rings. The third kappa shape index (κ3) is 3.00. The van der Waals surface area contributed by atoms with Gasteiger partial charge in [0.05, 0.1) is 21.5 Å². The lowest BCUT2D eigenvalue weighted by atomic mass is 10.1. The van der Waals surface area contributed by atoms with Crippen LogP contribution < -0.4 is 5.56 Å². The molecule has 0 bridgehead atoms. The standard InChI is InChI=1S/C20H14N4O2S2/c1-24-19(25)14-9-12-5-2-3-6-13(12)10-15(14)21-20(24)28-11-17-22-18(23-26-17)16-7-4-8-27-16/h2-10H,11H2,1H3. The van der Waals surface area contributed by atoms with Crippen LogP contribution in [0.15, 0.2) is 68.4 Å². The van der Waals surface area contributed by atoms with Crippen molar-refractivity contribution in [3.8, 4) is 10.7 Å². The first kappa shape index (κ1) is 17.2. The Morgan fingerprint density at radius 1 is 1.11 bits per heavy atom. The van der Waals surface area contributed by atoms with Crippen molar-refractivity contribution >= 4 is 44.8 Å². The zero-order valence-electron chi connectivity index (χ0n) is 14.8. The summed E-state index contributed by atoms with van der Waals surface area (Å²) in [5.41, 5.74) is 0.622. The van der Waals surface area contributed by atoms with Gasteiger partial charge >= 0.3 is 0 Å². The van der Waals surface area contributed by atoms with Crippen LogP contribution in [-0.4, -0.2) is 19.7 Å². The molecular weight excluding hydrogens is 392 g/mol. The van der Waals surface area contributed by atoms with Crippen molar-refractivity contribution in [3.63, 3.8) is 0 Å². The highest BCUT2D eigenvalue weighted by Gasteiger charge is 2.13. The highest BCUT2D eigenvalue weighted by Crippen LogP contribution is 2.26. The summed E-state index contributed by atoms with van der Waals surface area (Å²) >= 11 is 2.97. The number of benzene rings is 2. The maximum atomic E-state index is 12.8. The van der Waals surface area contributed by atoms with Crippen LogP contribution in [0.3, 0.4) is 0 Å². The van der Waals surface area contributed by atoms with E-state index in [2.05, 4.69) is 10.1 Å². The summed E-state index contributed by atoms with van der Waals surface area (Å²) in [6.45, 7) is 0. The summed E-state index contributed by atoms with van der Waals surface area (Å²) in [5.74, 6) is 1.52. The molecule has 6 nitrogen and oxygen atoms in total. The van der Waals surface area contributed by atoms with Crippen LogP contribution in [0.2, 0.25) is 0 Å². The Hall–Kier alpha value is -2.97. The Kier molecular flexibility index (Phi) is 4.22. The molecule has 0 spiro atoms. The van der Waals surface area contributed by atoms with Crippen LogP contribution >= 0.6 is 23.1 Å². The van der Waals surface area contributed by atoms with Crippen molar-refractivity contribution in [2.45, 2.75) is 10.9 Å². The number of hydrogen-bond acceptors (Lipinski definition) is 7. The number of thioether (sulfide) groups is 1. The molecule has 5 aromatic rings. The molecule has 0 aliphatic carbocycles. The fraction of sp³-hybridized carbons (Fsp3) is 0.100. The van der Waals surface area contributed by atoms with Gasteiger partial charge in [-0.3, -0.25) is 9.36 Å². The maximum Gasteiger partial charge on any atom is 0.261 e. The van der Waals surface area contributed by atoms with Crippen molar-refractivity contribution in [2.75, 3.05) is 0 Å². The first-order valence-corrected chi connectivity index (χ1v) is 10.4. The predicted molar refractivity (Wildman–Crippen MR) is 112 cm³/mol. The second-order valence-corrected chi connectivity index (χ2v) is 8.14. The van der Waals surface area contributed by atoms with E-state index in [1.54, 1.807) is 23.0 Å². The summed E-state index contributed by atoms with van der Waals surface area (Å²) in [6, 6.07) is 15.7. The molecule has 0 unspecified atom stereocenters. The number of nitrogens with zero attached hydrogens (tertiary/aromatic N) is 4. The van der Waals surface area contributed by atoms with Crippen molar-refractivity contribution in [2.24, 2.45) is 7.05 Å². The van der Waals surface area contributed by atoms with Crippen LogP contribution in [0.25, 0.3) is 32.4 Å². The number of aromatic nitrogens is 4. The van der Waals surface area contributed by atoms with E-state index in [1.807, 2.05) is 53.9 Å². The zero-order chi connectivity index (χ0) is 19.1. The summed E-state index contributed by atoms with van der Waals surface area (Å²) in [5, 5.41) is 9.30. The van der Waals surface area contributed by atoms with E-state index in [9.17, 15) is 4.79 Å². The van der Waals surface area contributed by atoms with Gasteiger partial charge in [0, 0.05) is 7.05 Å². The van der Waals surface area contributed by atoms with Gasteiger partial charge in [0.25, 0.3) is 5.56 Å². The molecule has 0 amide bonds. The normalized spacial score (nSPS) is 11.5. The van der Waals surface area contributed by atoms with Gasteiger partial charge in [0.2, 0.25) is 11.7 Å². The number of fused-ring (bicyclic) bond motifs is 2. The van der Waals surface area contributed by atoms with E-state index in [0.29, 0.717) is 33.5 Å². The van der Waals surface area contributed by atoms with Gasteiger partial charge in [-0.1, -0.05) is 47.3 Å². The second-order valence-electron chi connectivity index (χ2n) is 6.25. The molecule has 2 aromatic carbocycles. The molecule has 28 heavy (non-hydrogen) atoms. The smallest absolute Gasteiger partial charge is 0.261 e. The minimum atomic E-state index is -0.0666. The predicted octanol–water partition coefficient (Wildman–Crippen LogP) is 4.49. The summed E-state index contributed by atoms with van der Waals surface area (Å²) in [4.78, 5) is 22.9. The molecule has 0 atom stereocenters. The molecule has 0 aliphatic rings. The van der Waals surface area contributed by atoms with Crippen LogP contribution in [-0.2, 0) is 12.8 Å². The van der Waals surface area contributed by atoms with E-state index in [0.717, 1.165) is 15.6 Å². The molecule has 5 rings (SSSR count). The van der Waals surface area contributed by atoms with Gasteiger partial charge in [-0.2, -0.15) is 4.98 Å². The SMILES string of the molecule is Cn1c(SCc2nc(-c3cccs3)no2)nc2cc3ccccc3cc2c1=O. The molecular formula is C20H14N4O2S2. The first-order chi connectivity index (χ1) is 13.7. The lowest BCUT2D eigenvalue weighted by Crippen LogP contribution is -2.20. The minimum absolute atomic E-state index is 0.0666. The molecule has 0 aliphatic heterocycles. The Morgan fingerprint density at radius 3 is 2.71 bits per heavy atom. The third-order valence-corrected chi connectivity index (χ3v) is 6.32. The van der Waals surface area contributed by atoms with Crippen LogP contribution in [0, 0.1) is 0 Å². The summed E-state index contributed by atoms with van der Waals surface area (Å²) in [6.07, 6.45) is 0. The van der Waals surface area contributed by atoms with E-state index < -0.39 is 0 Å². The summed E-state index contributed by atoms with van der Waals surface area (Å²) < 4.78 is 6.90. The fourth-order valence-corrected chi connectivity index (χ4v) is 4.47. The molecule has 138 valence electrons. The van der Waals surface area contributed by atoms with Crippen molar-refractivity contribution in [3.05, 3.63) is 70.2 Å². The minimum Gasteiger partial charge on any atom is -0.338 e. The Balaban J connectivity index is 1.48. The van der Waals surface area contributed by atoms with Crippen molar-refractivity contribution in [1.29, 1.82) is 0 Å². The zero-order valence-corrected chi connectivity index (χ0v) is 16.5. The van der Waals surface area contributed by atoms with Crippen LogP contribution in [0.1, 0.15) is 5.89 Å². The van der Waals surface area contributed by atoms with E-state index in [1.165, 1.54) is 11.8 Å². The van der Waals surface area contributed by atoms with Crippen molar-refractivity contribution < 1.29 is 4.52 Å². The molecule has 0 N–H and O–H groups in total. The number of hydrogen-bond donors (Lipinski definition) is 0. The molecule has 0 saturated heterocycles. The van der Waals surface area contributed by atoms with Crippen molar-refractivity contribution in [1.82, 2.24) is 19.7 Å². The molecule has 0 saturated carbocycles. The summed E-state index contributed by atoms with van der Waals surface area (Å²) in [7, 11) is 1.73. The molecule has 3 heterocycles. The molecule has 8 heteroatoms. The highest BCUT2D eigenvalue weighted by atomic mass is 32.2. The molecule has 0 radical (unpaired) electrons. The average molecular weight is 406 g/mol. The largest absolute Gasteiger partial charge is 0.338 e. The van der Waals surface area contributed by atoms with Gasteiger partial charge in [-0.25, -0.2) is 4.98 Å². The van der Waals surface area contributed by atoms with Gasteiger partial charge in [0.1, 0.15) is 0 Å². The van der Waals surface area contributed by atoms with Gasteiger partial charge in [-0.15, -0.1) is 11.3 Å². The maximum absolute atomic E-state index is 12.8. The van der Waals surface area contributed by atoms with Gasteiger partial charge < -0.3 is 4.52 Å². The van der Waals surface area contributed by atoms with E-state index in [4.69, 9.17) is 9.51 Å². The number of thiophene rings is 1. The monoisotopic (exact) mass is 406 g/mol. The van der Waals surface area contributed by atoms with Crippen LogP contribution in [0.4, 0.5) is 0 Å². The van der Waals surface area contributed by atoms with E-state index in [-0.39, 0.29) is 5.56 Å². The lowest BCUT2D eigenvalue weighted by Gasteiger charge is -2.08. The topological polar surface area (TPSA) is 73.8 Å². The Labute approximate surface area is 167 Å². The quantitative estimate of drug-likeness (QED) is 0.249. The highest BCUT2D eigenvalue weighted by molar-refractivity contribution is 7.98. The fourth-order valence-electron chi connectivity index (χ4n) is 3.01. The molecule has 3 aromatic heterocycles. The second kappa shape index (κ2) is 6.88. The lowest BCUT2D eigenvalue weighted by molar-refractivity contribution is 0.391. The van der Waals surface area contributed by atoms with Gasteiger partial charge in [-0.05, 0) is 34.4 Å². The Morgan fingerprint density at radius 2 is 1.93 bits per heavy atom. The Bertz CT molecular complexity index is 1360. The van der Waals surface area contributed by atoms with E-state index >= 15 is 0 Å².